The van der Waals surface area contributed by atoms with Crippen molar-refractivity contribution in [3.8, 4) is 0 Å². The number of aliphatic hydroxyl groups is 1. The van der Waals surface area contributed by atoms with Crippen molar-refractivity contribution in [2.45, 2.75) is 11.3 Å². The first kappa shape index (κ1) is 11.0. The summed E-state index contributed by atoms with van der Waals surface area (Å²) in [5.41, 5.74) is 16.2. The molecule has 0 spiro atoms. The number of nitrogens with zero attached hydrogens (tertiary/aromatic N) is 2. The number of nitrogen functional groups attached to an aromatic ring is 2. The molecule has 78 valence electrons. The smallest absolute Gasteiger partial charge is 0.191 e. The number of rotatable bonds is 4. The molecule has 0 aliphatic heterocycles. The summed E-state index contributed by atoms with van der Waals surface area (Å²) in [7, 11) is 0. The maximum absolute atomic E-state index is 9.19. The molecule has 7 heteroatoms. The number of anilines is 2. The van der Waals surface area contributed by atoms with E-state index in [1.165, 1.54) is 17.8 Å². The molecule has 1 rings (SSSR count). The SMILES string of the molecule is NCC(O)CSc1nc(N)cc(N)n1. The van der Waals surface area contributed by atoms with Crippen LogP contribution in [0, 0.1) is 0 Å². The fourth-order valence-electron chi connectivity index (χ4n) is 0.765. The molecule has 0 saturated heterocycles. The maximum atomic E-state index is 9.19. The largest absolute Gasteiger partial charge is 0.391 e. The lowest BCUT2D eigenvalue weighted by Gasteiger charge is -2.06. The van der Waals surface area contributed by atoms with Crippen molar-refractivity contribution in [3.05, 3.63) is 6.07 Å². The Kier molecular flexibility index (Phi) is 3.93. The Hall–Kier alpha value is -1.05. The first-order valence-corrected chi connectivity index (χ1v) is 5.01. The first-order chi connectivity index (χ1) is 6.61. The van der Waals surface area contributed by atoms with Crippen LogP contribution in [-0.4, -0.2) is 33.5 Å². The molecule has 0 aromatic carbocycles. The van der Waals surface area contributed by atoms with Gasteiger partial charge in [-0.2, -0.15) is 0 Å². The number of aromatic nitrogens is 2. The lowest BCUT2D eigenvalue weighted by Crippen LogP contribution is -2.22. The molecule has 6 nitrogen and oxygen atoms in total. The minimum absolute atomic E-state index is 0.213. The fourth-order valence-corrected chi connectivity index (χ4v) is 1.58. The van der Waals surface area contributed by atoms with Crippen LogP contribution in [0.25, 0.3) is 0 Å². The van der Waals surface area contributed by atoms with Crippen LogP contribution in [0.5, 0.6) is 0 Å². The average Bonchev–Trinajstić information content (AvgIpc) is 2.12. The number of thioether (sulfide) groups is 1. The Morgan fingerprint density at radius 1 is 1.36 bits per heavy atom. The minimum Gasteiger partial charge on any atom is -0.391 e. The average molecular weight is 215 g/mol. The van der Waals surface area contributed by atoms with Crippen molar-refractivity contribution >= 4 is 23.4 Å². The molecule has 0 bridgehead atoms. The van der Waals surface area contributed by atoms with Crippen LogP contribution in [0.2, 0.25) is 0 Å². The van der Waals surface area contributed by atoms with Gasteiger partial charge in [0.15, 0.2) is 5.16 Å². The number of aliphatic hydroxyl groups excluding tert-OH is 1. The third-order valence-electron chi connectivity index (χ3n) is 1.42. The van der Waals surface area contributed by atoms with Gasteiger partial charge in [0.25, 0.3) is 0 Å². The highest BCUT2D eigenvalue weighted by atomic mass is 32.2. The molecule has 0 radical (unpaired) electrons. The highest BCUT2D eigenvalue weighted by Gasteiger charge is 2.05. The van der Waals surface area contributed by atoms with Crippen LogP contribution >= 0.6 is 11.8 Å². The molecule has 1 unspecified atom stereocenters. The van der Waals surface area contributed by atoms with Crippen molar-refractivity contribution in [1.29, 1.82) is 0 Å². The van der Waals surface area contributed by atoms with Crippen molar-refractivity contribution in [3.63, 3.8) is 0 Å². The van der Waals surface area contributed by atoms with Gasteiger partial charge in [-0.25, -0.2) is 9.97 Å². The molecule has 0 aliphatic carbocycles. The van der Waals surface area contributed by atoms with E-state index in [9.17, 15) is 5.11 Å². The zero-order chi connectivity index (χ0) is 10.6. The summed E-state index contributed by atoms with van der Waals surface area (Å²) in [6.07, 6.45) is -0.564. The zero-order valence-corrected chi connectivity index (χ0v) is 8.37. The maximum Gasteiger partial charge on any atom is 0.191 e. The van der Waals surface area contributed by atoms with Crippen LogP contribution in [-0.2, 0) is 0 Å². The van der Waals surface area contributed by atoms with Gasteiger partial charge in [-0.15, -0.1) is 0 Å². The highest BCUT2D eigenvalue weighted by molar-refractivity contribution is 7.99. The van der Waals surface area contributed by atoms with Crippen LogP contribution in [0.1, 0.15) is 0 Å². The Labute approximate surface area is 85.9 Å². The van der Waals surface area contributed by atoms with E-state index >= 15 is 0 Å². The van der Waals surface area contributed by atoms with Gasteiger partial charge in [0.05, 0.1) is 6.10 Å². The van der Waals surface area contributed by atoms with E-state index in [2.05, 4.69) is 9.97 Å². The summed E-state index contributed by atoms with van der Waals surface area (Å²) in [4.78, 5) is 7.88. The molecule has 0 aliphatic rings. The Bertz CT molecular complexity index is 288. The normalized spacial score (nSPS) is 12.7. The van der Waals surface area contributed by atoms with E-state index in [0.717, 1.165) is 0 Å². The molecule has 0 amide bonds. The van der Waals surface area contributed by atoms with Gasteiger partial charge < -0.3 is 22.3 Å². The molecule has 1 aromatic rings. The van der Waals surface area contributed by atoms with Gasteiger partial charge in [0, 0.05) is 18.4 Å². The van der Waals surface area contributed by atoms with Crippen molar-refractivity contribution < 1.29 is 5.11 Å². The monoisotopic (exact) mass is 215 g/mol. The topological polar surface area (TPSA) is 124 Å². The standard InChI is InChI=1S/C7H13N5OS/c8-2-4(13)3-14-7-11-5(9)1-6(10)12-7/h1,4,13H,2-3,8H2,(H4,9,10,11,12). The molecule has 1 heterocycles. The molecule has 1 atom stereocenters. The van der Waals surface area contributed by atoms with Crippen molar-refractivity contribution in [1.82, 2.24) is 9.97 Å². The molecule has 1 aromatic heterocycles. The van der Waals surface area contributed by atoms with E-state index in [0.29, 0.717) is 22.5 Å². The highest BCUT2D eigenvalue weighted by Crippen LogP contribution is 2.16. The summed E-state index contributed by atoms with van der Waals surface area (Å²) < 4.78 is 0. The second kappa shape index (κ2) is 4.99. The Morgan fingerprint density at radius 3 is 2.43 bits per heavy atom. The van der Waals surface area contributed by atoms with Crippen LogP contribution in [0.4, 0.5) is 11.6 Å². The lowest BCUT2D eigenvalue weighted by atomic mass is 10.4. The summed E-state index contributed by atoms with van der Waals surface area (Å²) in [5, 5.41) is 9.65. The van der Waals surface area contributed by atoms with Crippen LogP contribution in [0.15, 0.2) is 11.2 Å². The summed E-state index contributed by atoms with van der Waals surface area (Å²) >= 11 is 1.27. The second-order valence-corrected chi connectivity index (χ2v) is 3.69. The Morgan fingerprint density at radius 2 is 1.93 bits per heavy atom. The van der Waals surface area contributed by atoms with Gasteiger partial charge >= 0.3 is 0 Å². The van der Waals surface area contributed by atoms with E-state index in [1.54, 1.807) is 0 Å². The van der Waals surface area contributed by atoms with Crippen molar-refractivity contribution in [2.24, 2.45) is 5.73 Å². The van der Waals surface area contributed by atoms with Gasteiger partial charge in [0.2, 0.25) is 0 Å². The summed E-state index contributed by atoms with van der Waals surface area (Å²) in [6, 6.07) is 1.48. The van der Waals surface area contributed by atoms with E-state index in [1.807, 2.05) is 0 Å². The van der Waals surface area contributed by atoms with E-state index in [4.69, 9.17) is 17.2 Å². The quantitative estimate of drug-likeness (QED) is 0.377. The summed E-state index contributed by atoms with van der Waals surface area (Å²) in [6.45, 7) is 0.213. The lowest BCUT2D eigenvalue weighted by molar-refractivity contribution is 0.208. The number of hydrogen-bond donors (Lipinski definition) is 4. The van der Waals surface area contributed by atoms with E-state index < -0.39 is 6.10 Å². The molecule has 0 fully saturated rings. The van der Waals surface area contributed by atoms with Gasteiger partial charge in [-0.05, 0) is 0 Å². The fraction of sp³-hybridized carbons (Fsp3) is 0.429. The van der Waals surface area contributed by atoms with Gasteiger partial charge in [0.1, 0.15) is 11.6 Å². The minimum atomic E-state index is -0.564. The third-order valence-corrected chi connectivity index (χ3v) is 2.41. The third kappa shape index (κ3) is 3.36. The summed E-state index contributed by atoms with van der Waals surface area (Å²) in [5.74, 6) is 1.07. The molecular formula is C7H13N5OS. The zero-order valence-electron chi connectivity index (χ0n) is 7.55. The van der Waals surface area contributed by atoms with Crippen LogP contribution < -0.4 is 17.2 Å². The number of nitrogens with two attached hydrogens (primary N) is 3. The molecular weight excluding hydrogens is 202 g/mol. The predicted molar refractivity (Wildman–Crippen MR) is 56.6 cm³/mol. The Balaban J connectivity index is 2.58. The second-order valence-electron chi connectivity index (χ2n) is 2.70. The predicted octanol–water partition coefficient (Wildman–Crippen LogP) is -0.947. The van der Waals surface area contributed by atoms with Gasteiger partial charge in [-0.1, -0.05) is 11.8 Å². The van der Waals surface area contributed by atoms with Crippen LogP contribution in [0.3, 0.4) is 0 Å². The molecule has 0 saturated carbocycles. The number of hydrogen-bond acceptors (Lipinski definition) is 7. The van der Waals surface area contributed by atoms with E-state index in [-0.39, 0.29) is 6.54 Å². The molecule has 14 heavy (non-hydrogen) atoms. The molecule has 7 N–H and O–H groups in total. The van der Waals surface area contributed by atoms with Crippen molar-refractivity contribution in [2.75, 3.05) is 23.8 Å². The first-order valence-electron chi connectivity index (χ1n) is 4.02. The van der Waals surface area contributed by atoms with Gasteiger partial charge in [-0.3, -0.25) is 0 Å².